The van der Waals surface area contributed by atoms with Crippen LogP contribution in [0.5, 0.6) is 5.88 Å². The molecule has 1 aromatic heterocycles. The van der Waals surface area contributed by atoms with Crippen LogP contribution in [0.3, 0.4) is 0 Å². The molecule has 6 nitrogen and oxygen atoms in total. The van der Waals surface area contributed by atoms with Gasteiger partial charge in [-0.25, -0.2) is 9.78 Å². The van der Waals surface area contributed by atoms with Crippen molar-refractivity contribution in [2.75, 3.05) is 0 Å². The average molecular weight is 415 g/mol. The van der Waals surface area contributed by atoms with Gasteiger partial charge in [-0.2, -0.15) is 0 Å². The van der Waals surface area contributed by atoms with Gasteiger partial charge in [0.1, 0.15) is 17.4 Å². The van der Waals surface area contributed by atoms with E-state index < -0.39 is 5.97 Å². The molecule has 0 aliphatic carbocycles. The second-order valence-corrected chi connectivity index (χ2v) is 6.37. The van der Waals surface area contributed by atoms with Gasteiger partial charge in [0.25, 0.3) is 5.56 Å². The molecule has 7 heteroatoms. The first-order valence-corrected chi connectivity index (χ1v) is 8.58. The molecule has 0 bridgehead atoms. The Hall–Kier alpha value is -2.93. The lowest BCUT2D eigenvalue weighted by Crippen LogP contribution is -2.22. The summed E-state index contributed by atoms with van der Waals surface area (Å²) in [4.78, 5) is 27.6. The largest absolute Gasteiger partial charge is 0.478 e. The minimum atomic E-state index is -0.988. The van der Waals surface area contributed by atoms with E-state index in [0.29, 0.717) is 6.61 Å². The lowest BCUT2D eigenvalue weighted by Gasteiger charge is -2.10. The zero-order valence-corrected chi connectivity index (χ0v) is 15.2. The van der Waals surface area contributed by atoms with Gasteiger partial charge in [-0.1, -0.05) is 42.5 Å². The van der Waals surface area contributed by atoms with Gasteiger partial charge in [0.05, 0.1) is 12.1 Å². The van der Waals surface area contributed by atoms with Gasteiger partial charge in [0, 0.05) is 0 Å². The molecular weight excluding hydrogens is 400 g/mol. The molecule has 26 heavy (non-hydrogen) atoms. The molecule has 132 valence electrons. The van der Waals surface area contributed by atoms with E-state index in [2.05, 4.69) is 20.9 Å². The number of carboxylic acid groups (broad SMARTS) is 1. The number of hydrogen-bond donors (Lipinski definition) is 1. The van der Waals surface area contributed by atoms with Crippen molar-refractivity contribution in [1.82, 2.24) is 9.55 Å². The highest BCUT2D eigenvalue weighted by atomic mass is 79.9. The number of nitrogens with zero attached hydrogens (tertiary/aromatic N) is 2. The molecule has 0 unspecified atom stereocenters. The minimum Gasteiger partial charge on any atom is -0.478 e. The second-order valence-electron chi connectivity index (χ2n) is 5.57. The molecule has 0 saturated carbocycles. The van der Waals surface area contributed by atoms with Crippen molar-refractivity contribution in [3.05, 3.63) is 92.4 Å². The van der Waals surface area contributed by atoms with Crippen molar-refractivity contribution >= 4 is 21.9 Å². The van der Waals surface area contributed by atoms with Crippen molar-refractivity contribution in [2.45, 2.75) is 13.2 Å². The van der Waals surface area contributed by atoms with Gasteiger partial charge >= 0.3 is 5.97 Å². The van der Waals surface area contributed by atoms with E-state index >= 15 is 0 Å². The van der Waals surface area contributed by atoms with E-state index in [-0.39, 0.29) is 28.0 Å². The molecule has 2 aromatic carbocycles. The van der Waals surface area contributed by atoms with Gasteiger partial charge in [-0.05, 0) is 39.2 Å². The smallest absolute Gasteiger partial charge is 0.335 e. The van der Waals surface area contributed by atoms with Crippen LogP contribution in [0.2, 0.25) is 0 Å². The van der Waals surface area contributed by atoms with Crippen LogP contribution in [-0.4, -0.2) is 20.6 Å². The maximum Gasteiger partial charge on any atom is 0.335 e. The van der Waals surface area contributed by atoms with Crippen LogP contribution < -0.4 is 10.3 Å². The van der Waals surface area contributed by atoms with Crippen LogP contribution in [-0.2, 0) is 13.2 Å². The molecule has 0 fully saturated rings. The minimum absolute atomic E-state index is 0.199. The topological polar surface area (TPSA) is 81.4 Å². The molecule has 0 spiro atoms. The van der Waals surface area contributed by atoms with Gasteiger partial charge in [-0.15, -0.1) is 0 Å². The molecule has 0 aliphatic heterocycles. The Morgan fingerprint density at radius 2 is 1.77 bits per heavy atom. The van der Waals surface area contributed by atoms with Crippen LogP contribution >= 0.6 is 15.9 Å². The summed E-state index contributed by atoms with van der Waals surface area (Å²) in [6.45, 7) is 0.593. The number of carboxylic acids is 1. The molecule has 1 N–H and O–H groups in total. The number of carbonyl (C=O) groups is 1. The van der Waals surface area contributed by atoms with E-state index in [4.69, 9.17) is 9.84 Å². The molecule has 0 radical (unpaired) electrons. The van der Waals surface area contributed by atoms with Crippen molar-refractivity contribution in [3.8, 4) is 5.88 Å². The first kappa shape index (κ1) is 17.9. The van der Waals surface area contributed by atoms with Crippen LogP contribution in [0.25, 0.3) is 0 Å². The van der Waals surface area contributed by atoms with E-state index in [0.717, 1.165) is 11.1 Å². The summed E-state index contributed by atoms with van der Waals surface area (Å²) in [5.74, 6) is -0.755. The Bertz CT molecular complexity index is 969. The van der Waals surface area contributed by atoms with Crippen LogP contribution in [0, 0.1) is 0 Å². The van der Waals surface area contributed by atoms with E-state index in [1.165, 1.54) is 23.0 Å². The standard InChI is InChI=1S/C19H15BrN2O4/c20-16-17(26-11-14-4-2-1-3-5-14)21-12-22(18(16)23)10-13-6-8-15(9-7-13)19(24)25/h1-9,12H,10-11H2,(H,24,25). The molecule has 0 amide bonds. The summed E-state index contributed by atoms with van der Waals surface area (Å²) in [7, 11) is 0. The fraction of sp³-hybridized carbons (Fsp3) is 0.105. The Morgan fingerprint density at radius 1 is 1.08 bits per heavy atom. The summed E-state index contributed by atoms with van der Waals surface area (Å²) < 4.78 is 7.29. The SMILES string of the molecule is O=C(O)c1ccc(Cn2cnc(OCc3ccccc3)c(Br)c2=O)cc1. The molecule has 3 aromatic rings. The summed E-state index contributed by atoms with van der Waals surface area (Å²) >= 11 is 3.25. The molecule has 0 saturated heterocycles. The molecule has 1 heterocycles. The van der Waals surface area contributed by atoms with Gasteiger partial charge in [-0.3, -0.25) is 9.36 Å². The van der Waals surface area contributed by atoms with Crippen LogP contribution in [0.4, 0.5) is 0 Å². The highest BCUT2D eigenvalue weighted by Gasteiger charge is 2.11. The third-order valence-corrected chi connectivity index (χ3v) is 4.40. The second kappa shape index (κ2) is 7.97. The fourth-order valence-electron chi connectivity index (χ4n) is 2.34. The lowest BCUT2D eigenvalue weighted by atomic mass is 10.1. The monoisotopic (exact) mass is 414 g/mol. The van der Waals surface area contributed by atoms with Crippen molar-refractivity contribution in [1.29, 1.82) is 0 Å². The normalized spacial score (nSPS) is 10.5. The first-order chi connectivity index (χ1) is 12.5. The van der Waals surface area contributed by atoms with Gasteiger partial charge < -0.3 is 9.84 Å². The Balaban J connectivity index is 1.74. The Morgan fingerprint density at radius 3 is 2.42 bits per heavy atom. The number of halogens is 1. The number of aromatic carboxylic acids is 1. The van der Waals surface area contributed by atoms with Crippen molar-refractivity contribution < 1.29 is 14.6 Å². The van der Waals surface area contributed by atoms with E-state index in [1.54, 1.807) is 12.1 Å². The predicted octanol–water partition coefficient (Wildman–Crippen LogP) is 3.33. The zero-order chi connectivity index (χ0) is 18.5. The molecule has 0 aliphatic rings. The van der Waals surface area contributed by atoms with E-state index in [1.807, 2.05) is 30.3 Å². The number of benzene rings is 2. The Labute approximate surface area is 157 Å². The average Bonchev–Trinajstić information content (AvgIpc) is 2.66. The summed E-state index contributed by atoms with van der Waals surface area (Å²) in [5.41, 5.74) is 1.70. The van der Waals surface area contributed by atoms with Crippen LogP contribution in [0.1, 0.15) is 21.5 Å². The summed E-state index contributed by atoms with van der Waals surface area (Å²) in [6.07, 6.45) is 1.42. The number of hydrogen-bond acceptors (Lipinski definition) is 4. The third-order valence-electron chi connectivity index (χ3n) is 3.72. The fourth-order valence-corrected chi connectivity index (χ4v) is 2.78. The number of rotatable bonds is 6. The number of aromatic nitrogens is 2. The molecular formula is C19H15BrN2O4. The van der Waals surface area contributed by atoms with Crippen molar-refractivity contribution in [3.63, 3.8) is 0 Å². The van der Waals surface area contributed by atoms with Crippen LogP contribution in [0.15, 0.2) is 70.2 Å². The van der Waals surface area contributed by atoms with Crippen molar-refractivity contribution in [2.24, 2.45) is 0 Å². The molecule has 3 rings (SSSR count). The maximum atomic E-state index is 12.5. The highest BCUT2D eigenvalue weighted by molar-refractivity contribution is 9.10. The summed E-state index contributed by atoms with van der Waals surface area (Å²) in [5, 5.41) is 8.92. The van der Waals surface area contributed by atoms with E-state index in [9.17, 15) is 9.59 Å². The first-order valence-electron chi connectivity index (χ1n) is 7.78. The summed E-state index contributed by atoms with van der Waals surface area (Å²) in [6, 6.07) is 15.9. The predicted molar refractivity (Wildman–Crippen MR) is 99.5 cm³/mol. The Kier molecular flexibility index (Phi) is 5.48. The number of ether oxygens (including phenoxy) is 1. The molecule has 0 atom stereocenters. The zero-order valence-electron chi connectivity index (χ0n) is 13.6. The maximum absolute atomic E-state index is 12.5. The third kappa shape index (κ3) is 4.18. The highest BCUT2D eigenvalue weighted by Crippen LogP contribution is 2.18. The van der Waals surface area contributed by atoms with Gasteiger partial charge in [0.2, 0.25) is 5.88 Å². The lowest BCUT2D eigenvalue weighted by molar-refractivity contribution is 0.0697. The quantitative estimate of drug-likeness (QED) is 0.668. The van der Waals surface area contributed by atoms with Gasteiger partial charge in [0.15, 0.2) is 0 Å².